The van der Waals surface area contributed by atoms with E-state index in [1.807, 2.05) is 6.92 Å². The highest BCUT2D eigenvalue weighted by Gasteiger charge is 2.21. The molecule has 0 radical (unpaired) electrons. The highest BCUT2D eigenvalue weighted by molar-refractivity contribution is 7.89. The minimum absolute atomic E-state index is 0.0970. The summed E-state index contributed by atoms with van der Waals surface area (Å²) in [4.78, 5) is 11.4. The molecule has 2 N–H and O–H groups in total. The van der Waals surface area contributed by atoms with Crippen LogP contribution in [0.3, 0.4) is 0 Å². The molecule has 1 aromatic carbocycles. The van der Waals surface area contributed by atoms with Gasteiger partial charge in [-0.2, -0.15) is 0 Å². The Labute approximate surface area is 125 Å². The number of amides is 1. The van der Waals surface area contributed by atoms with Crippen molar-refractivity contribution in [2.24, 2.45) is 0 Å². The number of hydrogen-bond acceptors (Lipinski definition) is 4. The van der Waals surface area contributed by atoms with Crippen molar-refractivity contribution >= 4 is 15.9 Å². The summed E-state index contributed by atoms with van der Waals surface area (Å²) >= 11 is 0. The number of ether oxygens (including phenoxy) is 1. The van der Waals surface area contributed by atoms with Gasteiger partial charge >= 0.3 is 0 Å². The van der Waals surface area contributed by atoms with Crippen molar-refractivity contribution in [3.63, 3.8) is 0 Å². The topological polar surface area (TPSA) is 84.5 Å². The van der Waals surface area contributed by atoms with Crippen molar-refractivity contribution < 1.29 is 17.9 Å². The van der Waals surface area contributed by atoms with Crippen molar-refractivity contribution in [2.45, 2.75) is 38.1 Å². The van der Waals surface area contributed by atoms with Gasteiger partial charge in [-0.05, 0) is 52.0 Å². The smallest absolute Gasteiger partial charge is 0.257 e. The molecule has 1 amide bonds. The lowest BCUT2D eigenvalue weighted by molar-refractivity contribution is -0.122. The lowest BCUT2D eigenvalue weighted by Crippen LogP contribution is -2.40. The quantitative estimate of drug-likeness (QED) is 0.828. The van der Waals surface area contributed by atoms with Crippen LogP contribution < -0.4 is 14.8 Å². The summed E-state index contributed by atoms with van der Waals surface area (Å²) in [7, 11) is -3.56. The zero-order valence-electron chi connectivity index (χ0n) is 12.8. The zero-order valence-corrected chi connectivity index (χ0v) is 13.6. The molecule has 0 spiro atoms. The molecule has 0 saturated heterocycles. The highest BCUT2D eigenvalue weighted by Crippen LogP contribution is 2.17. The monoisotopic (exact) mass is 314 g/mol. The van der Waals surface area contributed by atoms with Crippen LogP contribution in [0.15, 0.2) is 29.2 Å². The average Bonchev–Trinajstić information content (AvgIpc) is 2.34. The van der Waals surface area contributed by atoms with Gasteiger partial charge in [0.25, 0.3) is 5.91 Å². The summed E-state index contributed by atoms with van der Waals surface area (Å²) in [5.74, 6) is 0.222. The van der Waals surface area contributed by atoms with Gasteiger partial charge in [0.2, 0.25) is 10.0 Å². The largest absolute Gasteiger partial charge is 0.484 e. The van der Waals surface area contributed by atoms with Gasteiger partial charge in [0.05, 0.1) is 4.90 Å². The molecule has 0 atom stereocenters. The van der Waals surface area contributed by atoms with E-state index in [0.717, 1.165) is 0 Å². The first-order valence-corrected chi connectivity index (χ1v) is 8.16. The Morgan fingerprint density at radius 1 is 1.19 bits per heavy atom. The predicted molar refractivity (Wildman–Crippen MR) is 80.7 cm³/mol. The summed E-state index contributed by atoms with van der Waals surface area (Å²) in [6.45, 7) is 7.58. The molecule has 6 nitrogen and oxygen atoms in total. The molecule has 7 heteroatoms. The predicted octanol–water partition coefficient (Wildman–Crippen LogP) is 1.28. The minimum atomic E-state index is -3.56. The number of carbonyl (C=O) groups is 1. The van der Waals surface area contributed by atoms with Crippen LogP contribution in [0.4, 0.5) is 0 Å². The Morgan fingerprint density at radius 3 is 2.24 bits per heavy atom. The molecule has 0 unspecified atom stereocenters. The molecule has 0 aromatic heterocycles. The van der Waals surface area contributed by atoms with E-state index in [-0.39, 0.29) is 17.4 Å². The maximum absolute atomic E-state index is 12.1. The van der Waals surface area contributed by atoms with Gasteiger partial charge in [0, 0.05) is 12.1 Å². The Balaban J connectivity index is 2.72. The van der Waals surface area contributed by atoms with Crippen LogP contribution in [0.2, 0.25) is 0 Å². The normalized spacial score (nSPS) is 12.0. The van der Waals surface area contributed by atoms with E-state index < -0.39 is 15.6 Å². The molecule has 0 aliphatic carbocycles. The molecule has 1 rings (SSSR count). The second-order valence-corrected chi connectivity index (χ2v) is 7.25. The molecule has 0 bridgehead atoms. The molecular weight excluding hydrogens is 292 g/mol. The lowest BCUT2D eigenvalue weighted by Gasteiger charge is -2.20. The van der Waals surface area contributed by atoms with Crippen LogP contribution in [-0.4, -0.2) is 33.0 Å². The van der Waals surface area contributed by atoms with Crippen LogP contribution in [0.1, 0.15) is 27.7 Å². The van der Waals surface area contributed by atoms with Gasteiger partial charge in [0.1, 0.15) is 5.75 Å². The Kier molecular flexibility index (Phi) is 5.74. The fourth-order valence-electron chi connectivity index (χ4n) is 1.57. The fraction of sp³-hybridized carbons (Fsp3) is 0.500. The highest BCUT2D eigenvalue weighted by atomic mass is 32.2. The van der Waals surface area contributed by atoms with Crippen LogP contribution >= 0.6 is 0 Å². The standard InChI is InChI=1S/C14H22N2O4S/c1-5-15-13(17)10-20-11-6-8-12(9-7-11)21(18,19)16-14(2,3)4/h6-9,16H,5,10H2,1-4H3,(H,15,17). The lowest BCUT2D eigenvalue weighted by atomic mass is 10.1. The van der Waals surface area contributed by atoms with Gasteiger partial charge in [-0.15, -0.1) is 0 Å². The summed E-state index contributed by atoms with van der Waals surface area (Å²) in [6, 6.07) is 5.94. The summed E-state index contributed by atoms with van der Waals surface area (Å²) in [5, 5.41) is 2.61. The average molecular weight is 314 g/mol. The molecule has 0 saturated carbocycles. The number of sulfonamides is 1. The Bertz CT molecular complexity index is 574. The summed E-state index contributed by atoms with van der Waals surface area (Å²) in [5.41, 5.74) is -0.549. The number of hydrogen-bond donors (Lipinski definition) is 2. The van der Waals surface area contributed by atoms with Crippen LogP contribution in [0.5, 0.6) is 5.75 Å². The second-order valence-electron chi connectivity index (χ2n) is 5.57. The molecule has 0 aliphatic rings. The third-order valence-electron chi connectivity index (χ3n) is 2.32. The van der Waals surface area contributed by atoms with Gasteiger partial charge in [-0.3, -0.25) is 4.79 Å². The van der Waals surface area contributed by atoms with E-state index in [4.69, 9.17) is 4.74 Å². The van der Waals surface area contributed by atoms with Crippen molar-refractivity contribution in [3.8, 4) is 5.75 Å². The molecule has 0 heterocycles. The second kappa shape index (κ2) is 6.91. The number of rotatable bonds is 6. The Morgan fingerprint density at radius 2 is 1.76 bits per heavy atom. The van der Waals surface area contributed by atoms with Gasteiger partial charge in [-0.25, -0.2) is 13.1 Å². The van der Waals surface area contributed by atoms with Crippen molar-refractivity contribution in [3.05, 3.63) is 24.3 Å². The third kappa shape index (κ3) is 6.14. The number of nitrogens with one attached hydrogen (secondary N) is 2. The zero-order chi connectivity index (χ0) is 16.1. The number of benzene rings is 1. The molecule has 1 aromatic rings. The van der Waals surface area contributed by atoms with E-state index in [1.54, 1.807) is 20.8 Å². The molecular formula is C14H22N2O4S. The van der Waals surface area contributed by atoms with E-state index in [1.165, 1.54) is 24.3 Å². The van der Waals surface area contributed by atoms with Gasteiger partial charge in [-0.1, -0.05) is 0 Å². The first kappa shape index (κ1) is 17.5. The van der Waals surface area contributed by atoms with E-state index in [9.17, 15) is 13.2 Å². The maximum atomic E-state index is 12.1. The third-order valence-corrected chi connectivity index (χ3v) is 4.09. The number of likely N-dealkylation sites (N-methyl/N-ethyl adjacent to an activating group) is 1. The molecule has 118 valence electrons. The van der Waals surface area contributed by atoms with E-state index >= 15 is 0 Å². The van der Waals surface area contributed by atoms with Gasteiger partial charge < -0.3 is 10.1 Å². The molecule has 0 aliphatic heterocycles. The van der Waals surface area contributed by atoms with Crippen LogP contribution in [0, 0.1) is 0 Å². The summed E-state index contributed by atoms with van der Waals surface area (Å²) in [6.07, 6.45) is 0. The summed E-state index contributed by atoms with van der Waals surface area (Å²) < 4.78 is 32.0. The SMILES string of the molecule is CCNC(=O)COc1ccc(S(=O)(=O)NC(C)(C)C)cc1. The van der Waals surface area contributed by atoms with Crippen molar-refractivity contribution in [1.82, 2.24) is 10.0 Å². The van der Waals surface area contributed by atoms with E-state index in [2.05, 4.69) is 10.0 Å². The van der Waals surface area contributed by atoms with Crippen molar-refractivity contribution in [1.29, 1.82) is 0 Å². The molecule has 0 fully saturated rings. The van der Waals surface area contributed by atoms with Crippen molar-refractivity contribution in [2.75, 3.05) is 13.2 Å². The Hall–Kier alpha value is -1.60. The van der Waals surface area contributed by atoms with Crippen LogP contribution in [-0.2, 0) is 14.8 Å². The van der Waals surface area contributed by atoms with Crippen LogP contribution in [0.25, 0.3) is 0 Å². The maximum Gasteiger partial charge on any atom is 0.257 e. The molecule has 21 heavy (non-hydrogen) atoms. The first-order chi connectivity index (χ1) is 9.64. The fourth-order valence-corrected chi connectivity index (χ4v) is 2.99. The first-order valence-electron chi connectivity index (χ1n) is 6.67. The minimum Gasteiger partial charge on any atom is -0.484 e. The number of carbonyl (C=O) groups excluding carboxylic acids is 1. The van der Waals surface area contributed by atoms with Gasteiger partial charge in [0.15, 0.2) is 6.61 Å². The van der Waals surface area contributed by atoms with E-state index in [0.29, 0.717) is 12.3 Å².